The Morgan fingerprint density at radius 1 is 1.43 bits per heavy atom. The van der Waals surface area contributed by atoms with E-state index in [0.29, 0.717) is 12.1 Å². The van der Waals surface area contributed by atoms with E-state index in [4.69, 9.17) is 5.73 Å². The quantitative estimate of drug-likeness (QED) is 0.741. The first-order valence-electron chi connectivity index (χ1n) is 5.35. The minimum atomic E-state index is 0.180. The van der Waals surface area contributed by atoms with Crippen LogP contribution in [0.25, 0.3) is 0 Å². The van der Waals surface area contributed by atoms with Crippen molar-refractivity contribution in [2.45, 2.75) is 45.2 Å². The Labute approximate surface area is 85.3 Å². The highest BCUT2D eigenvalue weighted by Gasteiger charge is 2.38. The molecule has 1 heterocycles. The molecule has 1 aliphatic carbocycles. The number of aromatic nitrogens is 2. The third-order valence-corrected chi connectivity index (χ3v) is 3.69. The number of imidazole rings is 1. The largest absolute Gasteiger partial charge is 0.334 e. The van der Waals surface area contributed by atoms with Gasteiger partial charge in [0.05, 0.1) is 6.33 Å². The maximum atomic E-state index is 6.18. The molecule has 0 aromatic carbocycles. The molecule has 2 N–H and O–H groups in total. The summed E-state index contributed by atoms with van der Waals surface area (Å²) in [5, 5.41) is 0. The van der Waals surface area contributed by atoms with Gasteiger partial charge in [0.25, 0.3) is 0 Å². The van der Waals surface area contributed by atoms with Crippen LogP contribution in [0.4, 0.5) is 0 Å². The molecule has 1 aromatic rings. The fourth-order valence-electron chi connectivity index (χ4n) is 2.51. The van der Waals surface area contributed by atoms with Crippen LogP contribution in [0.15, 0.2) is 18.7 Å². The zero-order chi connectivity index (χ0) is 10.2. The zero-order valence-electron chi connectivity index (χ0n) is 8.98. The lowest BCUT2D eigenvalue weighted by Crippen LogP contribution is -2.46. The van der Waals surface area contributed by atoms with Gasteiger partial charge in [-0.1, -0.05) is 13.8 Å². The van der Waals surface area contributed by atoms with Crippen molar-refractivity contribution >= 4 is 0 Å². The Balaban J connectivity index is 2.26. The van der Waals surface area contributed by atoms with E-state index >= 15 is 0 Å². The van der Waals surface area contributed by atoms with E-state index in [-0.39, 0.29) is 5.41 Å². The van der Waals surface area contributed by atoms with Crippen LogP contribution in [0.5, 0.6) is 0 Å². The summed E-state index contributed by atoms with van der Waals surface area (Å²) in [5.74, 6) is 0. The van der Waals surface area contributed by atoms with Crippen molar-refractivity contribution < 1.29 is 0 Å². The SMILES string of the molecule is CC1(C)[C@H](N)CCC[C@@H]1n1ccnc1. The van der Waals surface area contributed by atoms with Crippen molar-refractivity contribution in [2.75, 3.05) is 0 Å². The molecule has 1 aromatic heterocycles. The molecule has 3 heteroatoms. The van der Waals surface area contributed by atoms with Gasteiger partial charge in [-0.2, -0.15) is 0 Å². The fourth-order valence-corrected chi connectivity index (χ4v) is 2.51. The average molecular weight is 193 g/mol. The molecule has 78 valence electrons. The Kier molecular flexibility index (Phi) is 2.35. The molecule has 0 aliphatic heterocycles. The Morgan fingerprint density at radius 2 is 2.21 bits per heavy atom. The van der Waals surface area contributed by atoms with E-state index in [1.54, 1.807) is 0 Å². The van der Waals surface area contributed by atoms with Crippen LogP contribution in [0, 0.1) is 5.41 Å². The summed E-state index contributed by atoms with van der Waals surface area (Å²) < 4.78 is 2.21. The summed E-state index contributed by atoms with van der Waals surface area (Å²) in [6.45, 7) is 4.53. The molecular weight excluding hydrogens is 174 g/mol. The fraction of sp³-hybridized carbons (Fsp3) is 0.727. The average Bonchev–Trinajstić information content (AvgIpc) is 2.62. The first-order valence-corrected chi connectivity index (χ1v) is 5.35. The third kappa shape index (κ3) is 1.46. The summed E-state index contributed by atoms with van der Waals surface area (Å²) in [4.78, 5) is 4.11. The Hall–Kier alpha value is -0.830. The van der Waals surface area contributed by atoms with Crippen molar-refractivity contribution in [3.8, 4) is 0 Å². The van der Waals surface area contributed by atoms with E-state index in [1.807, 2.05) is 18.7 Å². The van der Waals surface area contributed by atoms with Crippen LogP contribution >= 0.6 is 0 Å². The van der Waals surface area contributed by atoms with E-state index in [2.05, 4.69) is 23.4 Å². The molecule has 1 fully saturated rings. The third-order valence-electron chi connectivity index (χ3n) is 3.69. The second-order valence-corrected chi connectivity index (χ2v) is 4.88. The smallest absolute Gasteiger partial charge is 0.0948 e. The van der Waals surface area contributed by atoms with Gasteiger partial charge in [-0.05, 0) is 19.3 Å². The molecule has 0 amide bonds. The second kappa shape index (κ2) is 3.39. The molecule has 0 bridgehead atoms. The molecule has 2 atom stereocenters. The number of nitrogens with zero attached hydrogens (tertiary/aromatic N) is 2. The number of rotatable bonds is 1. The molecule has 14 heavy (non-hydrogen) atoms. The molecule has 0 saturated heterocycles. The van der Waals surface area contributed by atoms with E-state index in [9.17, 15) is 0 Å². The number of hydrogen-bond donors (Lipinski definition) is 1. The summed E-state index contributed by atoms with van der Waals surface area (Å²) in [6.07, 6.45) is 9.40. The Morgan fingerprint density at radius 3 is 2.86 bits per heavy atom. The van der Waals surface area contributed by atoms with E-state index in [0.717, 1.165) is 6.42 Å². The van der Waals surface area contributed by atoms with Gasteiger partial charge in [0.2, 0.25) is 0 Å². The molecular formula is C11H19N3. The van der Waals surface area contributed by atoms with Crippen molar-refractivity contribution in [3.63, 3.8) is 0 Å². The highest BCUT2D eigenvalue weighted by atomic mass is 15.1. The number of nitrogens with two attached hydrogens (primary N) is 1. The maximum absolute atomic E-state index is 6.18. The van der Waals surface area contributed by atoms with Gasteiger partial charge in [-0.15, -0.1) is 0 Å². The predicted molar refractivity (Wildman–Crippen MR) is 56.9 cm³/mol. The molecule has 2 rings (SSSR count). The lowest BCUT2D eigenvalue weighted by atomic mass is 9.70. The normalized spacial score (nSPS) is 31.6. The van der Waals surface area contributed by atoms with Crippen molar-refractivity contribution in [3.05, 3.63) is 18.7 Å². The summed E-state index contributed by atoms with van der Waals surface area (Å²) in [5.41, 5.74) is 6.35. The van der Waals surface area contributed by atoms with Crippen LogP contribution in [0.1, 0.15) is 39.2 Å². The first kappa shape index (κ1) is 9.71. The van der Waals surface area contributed by atoms with Gasteiger partial charge < -0.3 is 10.3 Å². The highest BCUT2D eigenvalue weighted by molar-refractivity contribution is 4.97. The summed E-state index contributed by atoms with van der Waals surface area (Å²) >= 11 is 0. The van der Waals surface area contributed by atoms with Crippen molar-refractivity contribution in [2.24, 2.45) is 11.1 Å². The molecule has 0 radical (unpaired) electrons. The maximum Gasteiger partial charge on any atom is 0.0948 e. The minimum Gasteiger partial charge on any atom is -0.334 e. The van der Waals surface area contributed by atoms with Crippen LogP contribution in [-0.4, -0.2) is 15.6 Å². The molecule has 0 unspecified atom stereocenters. The lowest BCUT2D eigenvalue weighted by Gasteiger charge is -2.43. The second-order valence-electron chi connectivity index (χ2n) is 4.88. The van der Waals surface area contributed by atoms with Crippen molar-refractivity contribution in [1.29, 1.82) is 0 Å². The highest BCUT2D eigenvalue weighted by Crippen LogP contribution is 2.42. The number of hydrogen-bond acceptors (Lipinski definition) is 2. The van der Waals surface area contributed by atoms with Gasteiger partial charge in [0, 0.05) is 29.9 Å². The minimum absolute atomic E-state index is 0.180. The molecule has 1 aliphatic rings. The van der Waals surface area contributed by atoms with Crippen LogP contribution in [0.3, 0.4) is 0 Å². The van der Waals surface area contributed by atoms with Crippen LogP contribution in [0.2, 0.25) is 0 Å². The molecule has 3 nitrogen and oxygen atoms in total. The standard InChI is InChI=1S/C11H19N3/c1-11(2)9(12)4-3-5-10(11)14-7-6-13-8-14/h6-10H,3-5,12H2,1-2H3/t9-,10+/m1/s1. The zero-order valence-corrected chi connectivity index (χ0v) is 8.98. The molecule has 1 saturated carbocycles. The van der Waals surface area contributed by atoms with Gasteiger partial charge in [0.1, 0.15) is 0 Å². The monoisotopic (exact) mass is 193 g/mol. The Bertz CT molecular complexity index is 289. The van der Waals surface area contributed by atoms with Gasteiger partial charge in [-0.3, -0.25) is 0 Å². The van der Waals surface area contributed by atoms with E-state index < -0.39 is 0 Å². The van der Waals surface area contributed by atoms with E-state index in [1.165, 1.54) is 12.8 Å². The lowest BCUT2D eigenvalue weighted by molar-refractivity contribution is 0.115. The van der Waals surface area contributed by atoms with Gasteiger partial charge in [0.15, 0.2) is 0 Å². The topological polar surface area (TPSA) is 43.8 Å². The predicted octanol–water partition coefficient (Wildman–Crippen LogP) is 1.96. The van der Waals surface area contributed by atoms with Gasteiger partial charge >= 0.3 is 0 Å². The van der Waals surface area contributed by atoms with Crippen LogP contribution < -0.4 is 5.73 Å². The van der Waals surface area contributed by atoms with Gasteiger partial charge in [-0.25, -0.2) is 4.98 Å². The molecule has 0 spiro atoms. The van der Waals surface area contributed by atoms with Crippen LogP contribution in [-0.2, 0) is 0 Å². The van der Waals surface area contributed by atoms with Crippen molar-refractivity contribution in [1.82, 2.24) is 9.55 Å². The first-order chi connectivity index (χ1) is 6.62. The summed E-state index contributed by atoms with van der Waals surface area (Å²) in [7, 11) is 0. The summed E-state index contributed by atoms with van der Waals surface area (Å²) in [6, 6.07) is 0.817.